The van der Waals surface area contributed by atoms with Crippen molar-refractivity contribution in [3.8, 4) is 0 Å². The fourth-order valence-corrected chi connectivity index (χ4v) is 4.04. The Morgan fingerprint density at radius 3 is 2.81 bits per heavy atom. The number of nitrogens with one attached hydrogen (secondary N) is 1. The molecule has 1 saturated heterocycles. The van der Waals surface area contributed by atoms with Crippen molar-refractivity contribution in [1.29, 1.82) is 0 Å². The van der Waals surface area contributed by atoms with Crippen LogP contribution < -0.4 is 11.1 Å². The van der Waals surface area contributed by atoms with Gasteiger partial charge in [-0.1, -0.05) is 29.9 Å². The summed E-state index contributed by atoms with van der Waals surface area (Å²) in [5.74, 6) is -0.335. The molecule has 114 valence electrons. The van der Waals surface area contributed by atoms with Crippen molar-refractivity contribution in [1.82, 2.24) is 9.62 Å². The summed E-state index contributed by atoms with van der Waals surface area (Å²) in [5, 5.41) is 2.69. The Hall–Kier alpha value is -1.22. The monoisotopic (exact) mass is 347 g/mol. The fraction of sp³-hybridized carbons (Fsp3) is 0.333. The van der Waals surface area contributed by atoms with E-state index >= 15 is 0 Å². The molecule has 0 saturated carbocycles. The Bertz CT molecular complexity index is 691. The normalized spacial score (nSPS) is 17.1. The van der Waals surface area contributed by atoms with E-state index < -0.39 is 10.0 Å². The molecule has 0 spiro atoms. The zero-order valence-corrected chi connectivity index (χ0v) is 13.4. The fourth-order valence-electron chi connectivity index (χ4n) is 1.98. The van der Waals surface area contributed by atoms with Crippen molar-refractivity contribution in [3.05, 3.63) is 28.8 Å². The van der Waals surface area contributed by atoms with Crippen LogP contribution >= 0.6 is 23.8 Å². The number of sulfonamides is 1. The van der Waals surface area contributed by atoms with Gasteiger partial charge in [0, 0.05) is 18.7 Å². The molecule has 1 aromatic rings. The molecule has 0 radical (unpaired) electrons. The lowest BCUT2D eigenvalue weighted by atomic mass is 10.2. The van der Waals surface area contributed by atoms with Crippen LogP contribution in [0.25, 0.3) is 0 Å². The van der Waals surface area contributed by atoms with Crippen LogP contribution in [0.3, 0.4) is 0 Å². The number of benzene rings is 1. The van der Waals surface area contributed by atoms with Crippen LogP contribution in [0.4, 0.5) is 0 Å². The number of carbonyl (C=O) groups is 1. The second kappa shape index (κ2) is 6.27. The minimum Gasteiger partial charge on any atom is -0.389 e. The number of hydrogen-bond acceptors (Lipinski definition) is 4. The van der Waals surface area contributed by atoms with E-state index in [1.807, 2.05) is 0 Å². The number of amides is 1. The summed E-state index contributed by atoms with van der Waals surface area (Å²) in [7, 11) is -3.88. The van der Waals surface area contributed by atoms with Gasteiger partial charge < -0.3 is 11.1 Å². The summed E-state index contributed by atoms with van der Waals surface area (Å²) in [6.45, 7) is 0.468. The first-order valence-corrected chi connectivity index (χ1v) is 8.41. The molecule has 1 aliphatic heterocycles. The maximum Gasteiger partial charge on any atom is 0.245 e. The predicted molar refractivity (Wildman–Crippen MR) is 83.7 cm³/mol. The highest BCUT2D eigenvalue weighted by atomic mass is 35.5. The molecule has 21 heavy (non-hydrogen) atoms. The largest absolute Gasteiger partial charge is 0.389 e. The third-order valence-corrected chi connectivity index (χ3v) is 5.62. The van der Waals surface area contributed by atoms with Gasteiger partial charge in [0.15, 0.2) is 0 Å². The average molecular weight is 348 g/mol. The number of rotatable bonds is 3. The predicted octanol–water partition coefficient (Wildman–Crippen LogP) is 0.485. The van der Waals surface area contributed by atoms with Gasteiger partial charge in [0.1, 0.15) is 9.88 Å². The van der Waals surface area contributed by atoms with Crippen molar-refractivity contribution in [2.75, 3.05) is 19.6 Å². The van der Waals surface area contributed by atoms with Crippen LogP contribution in [-0.2, 0) is 14.8 Å². The summed E-state index contributed by atoms with van der Waals surface area (Å²) in [4.78, 5) is 11.5. The third kappa shape index (κ3) is 3.52. The number of halogens is 1. The first-order valence-electron chi connectivity index (χ1n) is 6.18. The van der Waals surface area contributed by atoms with Gasteiger partial charge in [0.25, 0.3) is 0 Å². The molecule has 1 heterocycles. The van der Waals surface area contributed by atoms with Gasteiger partial charge in [-0.3, -0.25) is 4.79 Å². The first kappa shape index (κ1) is 16.2. The third-order valence-electron chi connectivity index (χ3n) is 3.06. The standard InChI is InChI=1S/C12H14ClN3O3S2/c13-9-3-2-8(12(14)20)6-10(9)21(18,19)16-5-1-4-15-11(17)7-16/h2-3,6H,1,4-5,7H2,(H2,14,20)(H,15,17). The number of nitrogens with two attached hydrogens (primary N) is 1. The van der Waals surface area contributed by atoms with Crippen LogP contribution in [0.5, 0.6) is 0 Å². The van der Waals surface area contributed by atoms with E-state index in [4.69, 9.17) is 29.6 Å². The van der Waals surface area contributed by atoms with Gasteiger partial charge in [-0.15, -0.1) is 0 Å². The van der Waals surface area contributed by atoms with Crippen molar-refractivity contribution < 1.29 is 13.2 Å². The van der Waals surface area contributed by atoms with Crippen LogP contribution in [0.15, 0.2) is 23.1 Å². The van der Waals surface area contributed by atoms with E-state index in [0.29, 0.717) is 18.5 Å². The first-order chi connectivity index (χ1) is 9.82. The second-order valence-corrected chi connectivity index (χ2v) is 7.30. The highest BCUT2D eigenvalue weighted by molar-refractivity contribution is 7.89. The molecule has 9 heteroatoms. The molecular weight excluding hydrogens is 334 g/mol. The van der Waals surface area contributed by atoms with Gasteiger partial charge in [0.2, 0.25) is 15.9 Å². The van der Waals surface area contributed by atoms with Crippen molar-refractivity contribution in [3.63, 3.8) is 0 Å². The SMILES string of the molecule is NC(=S)c1ccc(Cl)c(S(=O)(=O)N2CCCNC(=O)C2)c1. The van der Waals surface area contributed by atoms with Crippen LogP contribution in [0, 0.1) is 0 Å². The highest BCUT2D eigenvalue weighted by Crippen LogP contribution is 2.26. The molecular formula is C12H14ClN3O3S2. The summed E-state index contributed by atoms with van der Waals surface area (Å²) < 4.78 is 26.4. The summed E-state index contributed by atoms with van der Waals surface area (Å²) in [5.41, 5.74) is 5.93. The van der Waals surface area contributed by atoms with E-state index in [2.05, 4.69) is 5.32 Å². The maximum absolute atomic E-state index is 12.7. The maximum atomic E-state index is 12.7. The van der Waals surface area contributed by atoms with E-state index in [0.717, 1.165) is 4.31 Å². The molecule has 1 fully saturated rings. The lowest BCUT2D eigenvalue weighted by Gasteiger charge is -2.20. The van der Waals surface area contributed by atoms with E-state index in [-0.39, 0.29) is 33.9 Å². The molecule has 1 aliphatic rings. The van der Waals surface area contributed by atoms with Gasteiger partial charge in [-0.05, 0) is 18.6 Å². The molecule has 0 atom stereocenters. The molecule has 0 aromatic heterocycles. The zero-order chi connectivity index (χ0) is 15.6. The summed E-state index contributed by atoms with van der Waals surface area (Å²) >= 11 is 10.8. The van der Waals surface area contributed by atoms with Crippen LogP contribution in [0.1, 0.15) is 12.0 Å². The number of carbonyl (C=O) groups excluding carboxylic acids is 1. The van der Waals surface area contributed by atoms with Crippen LogP contribution in [-0.4, -0.2) is 43.3 Å². The molecule has 1 aromatic carbocycles. The molecule has 2 rings (SSSR count). The van der Waals surface area contributed by atoms with E-state index in [9.17, 15) is 13.2 Å². The van der Waals surface area contributed by atoms with Crippen molar-refractivity contribution >= 4 is 44.7 Å². The lowest BCUT2D eigenvalue weighted by Crippen LogP contribution is -2.37. The van der Waals surface area contributed by atoms with Gasteiger partial charge in [-0.2, -0.15) is 4.31 Å². The highest BCUT2D eigenvalue weighted by Gasteiger charge is 2.30. The number of thiocarbonyl (C=S) groups is 1. The minimum atomic E-state index is -3.88. The van der Waals surface area contributed by atoms with Crippen LogP contribution in [0.2, 0.25) is 5.02 Å². The van der Waals surface area contributed by atoms with Crippen molar-refractivity contribution in [2.24, 2.45) is 5.73 Å². The average Bonchev–Trinajstić information content (AvgIpc) is 2.64. The van der Waals surface area contributed by atoms with Crippen molar-refractivity contribution in [2.45, 2.75) is 11.3 Å². The number of nitrogens with zero attached hydrogens (tertiary/aromatic N) is 1. The summed E-state index contributed by atoms with van der Waals surface area (Å²) in [6.07, 6.45) is 0.539. The zero-order valence-electron chi connectivity index (χ0n) is 11.0. The molecule has 6 nitrogen and oxygen atoms in total. The Labute approximate surface area is 133 Å². The second-order valence-electron chi connectivity index (χ2n) is 4.55. The van der Waals surface area contributed by atoms with E-state index in [1.54, 1.807) is 6.07 Å². The molecule has 3 N–H and O–H groups in total. The molecule has 0 aliphatic carbocycles. The topological polar surface area (TPSA) is 92.5 Å². The van der Waals surface area contributed by atoms with E-state index in [1.165, 1.54) is 12.1 Å². The Morgan fingerprint density at radius 2 is 2.14 bits per heavy atom. The Balaban J connectivity index is 2.45. The molecule has 0 bridgehead atoms. The van der Waals surface area contributed by atoms with Gasteiger partial charge >= 0.3 is 0 Å². The number of hydrogen-bond donors (Lipinski definition) is 2. The molecule has 0 unspecified atom stereocenters. The van der Waals surface area contributed by atoms with Gasteiger partial charge in [-0.25, -0.2) is 8.42 Å². The minimum absolute atomic E-state index is 0.0691. The Morgan fingerprint density at radius 1 is 1.43 bits per heavy atom. The lowest BCUT2D eigenvalue weighted by molar-refractivity contribution is -0.120. The Kier molecular flexibility index (Phi) is 4.82. The summed E-state index contributed by atoms with van der Waals surface area (Å²) in [6, 6.07) is 4.32. The van der Waals surface area contributed by atoms with Gasteiger partial charge in [0.05, 0.1) is 11.6 Å². The quantitative estimate of drug-likeness (QED) is 0.776. The smallest absolute Gasteiger partial charge is 0.245 e. The molecule has 1 amide bonds.